The molecule has 0 fully saturated rings. The van der Waals surface area contributed by atoms with Crippen molar-refractivity contribution in [1.82, 2.24) is 0 Å². The molecule has 0 aliphatic heterocycles. The van der Waals surface area contributed by atoms with Crippen molar-refractivity contribution in [2.75, 3.05) is 0 Å². The van der Waals surface area contributed by atoms with Crippen LogP contribution in [0.25, 0.3) is 0 Å². The van der Waals surface area contributed by atoms with Gasteiger partial charge in [-0.05, 0) is 13.8 Å². The first kappa shape index (κ1) is 12.2. The topological polar surface area (TPSA) is 74.6 Å². The van der Waals surface area contributed by atoms with E-state index in [0.29, 0.717) is 0 Å². The van der Waals surface area contributed by atoms with Gasteiger partial charge in [-0.25, -0.2) is 0 Å². The molecule has 0 bridgehead atoms. The summed E-state index contributed by atoms with van der Waals surface area (Å²) >= 11 is 0. The monoisotopic (exact) mass is 195 g/mol. The third-order valence-electron chi connectivity index (χ3n) is 1.07. The van der Waals surface area contributed by atoms with E-state index in [4.69, 9.17) is 10.2 Å². The van der Waals surface area contributed by atoms with Gasteiger partial charge >= 0.3 is 29.0 Å². The zero-order valence-corrected chi connectivity index (χ0v) is 6.45. The quantitative estimate of drug-likeness (QED) is 0.487. The van der Waals surface area contributed by atoms with Gasteiger partial charge in [-0.15, -0.1) is 0 Å². The first-order valence-corrected chi connectivity index (χ1v) is 2.36. The van der Waals surface area contributed by atoms with Crippen LogP contribution < -0.4 is 0 Å². The van der Waals surface area contributed by atoms with Crippen LogP contribution in [0.15, 0.2) is 0 Å². The molecule has 0 amide bonds. The van der Waals surface area contributed by atoms with Gasteiger partial charge in [0.15, 0.2) is 5.41 Å². The molecule has 0 aromatic heterocycles. The van der Waals surface area contributed by atoms with Gasteiger partial charge in [0.05, 0.1) is 0 Å². The number of carboxylic acid groups (broad SMARTS) is 2. The molecule has 0 saturated heterocycles. The normalized spacial score (nSPS) is 9.80. The van der Waals surface area contributed by atoms with Crippen molar-refractivity contribution < 1.29 is 36.9 Å². The Kier molecular flexibility index (Phi) is 4.36. The molecule has 0 aromatic rings. The molecule has 5 heteroatoms. The average Bonchev–Trinajstić information content (AvgIpc) is 1.65. The number of aliphatic carboxylic acids is 2. The standard InChI is InChI=1S/C5H8O4.Cu/c1-5(2,3(6)7)4(8)9;/h1-2H3,(H,6,7)(H,8,9);/q;+2. The molecule has 2 N–H and O–H groups in total. The van der Waals surface area contributed by atoms with Gasteiger partial charge in [0.25, 0.3) is 0 Å². The van der Waals surface area contributed by atoms with Gasteiger partial charge in [0.1, 0.15) is 0 Å². The number of carboxylic acids is 2. The fourth-order valence-electron chi connectivity index (χ4n) is 0.0915. The smallest absolute Gasteiger partial charge is 0.480 e. The van der Waals surface area contributed by atoms with Crippen molar-refractivity contribution in [3.8, 4) is 0 Å². The third-order valence-corrected chi connectivity index (χ3v) is 1.07. The van der Waals surface area contributed by atoms with Crippen LogP contribution in [-0.4, -0.2) is 22.2 Å². The molecule has 0 aromatic carbocycles. The Balaban J connectivity index is 0. The Labute approximate surface area is 68.7 Å². The molecule has 0 atom stereocenters. The summed E-state index contributed by atoms with van der Waals surface area (Å²) in [6.07, 6.45) is 0. The first-order valence-electron chi connectivity index (χ1n) is 2.36. The average molecular weight is 196 g/mol. The maximum Gasteiger partial charge on any atom is 2.00 e. The van der Waals surface area contributed by atoms with Crippen LogP contribution in [0.2, 0.25) is 0 Å². The fraction of sp³-hybridized carbons (Fsp3) is 0.600. The Bertz CT molecular complexity index is 136. The van der Waals surface area contributed by atoms with Crippen LogP contribution in [0.1, 0.15) is 13.8 Å². The van der Waals surface area contributed by atoms with E-state index in [1.807, 2.05) is 0 Å². The maximum absolute atomic E-state index is 10.1. The summed E-state index contributed by atoms with van der Waals surface area (Å²) in [7, 11) is 0. The molecule has 0 spiro atoms. The summed E-state index contributed by atoms with van der Waals surface area (Å²) in [6, 6.07) is 0. The molecule has 0 aliphatic carbocycles. The largest absolute Gasteiger partial charge is 2.00 e. The predicted octanol–water partition coefficient (Wildman–Crippen LogP) is 0.179. The Morgan fingerprint density at radius 3 is 1.30 bits per heavy atom. The number of carbonyl (C=O) groups is 2. The second kappa shape index (κ2) is 3.58. The zero-order chi connectivity index (χ0) is 7.65. The van der Waals surface area contributed by atoms with Gasteiger partial charge in [-0.3, -0.25) is 9.59 Å². The minimum atomic E-state index is -1.67. The van der Waals surface area contributed by atoms with Crippen LogP contribution in [0.5, 0.6) is 0 Å². The molecule has 1 radical (unpaired) electrons. The minimum absolute atomic E-state index is 0. The maximum atomic E-state index is 10.1. The third kappa shape index (κ3) is 2.37. The van der Waals surface area contributed by atoms with Crippen molar-refractivity contribution in [3.05, 3.63) is 0 Å². The second-order valence-electron chi connectivity index (χ2n) is 2.24. The van der Waals surface area contributed by atoms with E-state index in [1.54, 1.807) is 0 Å². The fourth-order valence-corrected chi connectivity index (χ4v) is 0.0915. The van der Waals surface area contributed by atoms with Crippen LogP contribution >= 0.6 is 0 Å². The van der Waals surface area contributed by atoms with Crippen LogP contribution in [0.4, 0.5) is 0 Å². The molecule has 0 rings (SSSR count). The van der Waals surface area contributed by atoms with E-state index < -0.39 is 17.4 Å². The molecular formula is C5H8CuO4+2. The van der Waals surface area contributed by atoms with Crippen molar-refractivity contribution in [2.24, 2.45) is 5.41 Å². The molecule has 0 aliphatic rings. The first-order chi connectivity index (χ1) is 3.89. The molecular weight excluding hydrogens is 188 g/mol. The molecule has 10 heavy (non-hydrogen) atoms. The zero-order valence-electron chi connectivity index (χ0n) is 5.51. The van der Waals surface area contributed by atoms with Gasteiger partial charge in [0.2, 0.25) is 0 Å². The second-order valence-corrected chi connectivity index (χ2v) is 2.24. The number of hydrogen-bond donors (Lipinski definition) is 2. The number of hydrogen-bond acceptors (Lipinski definition) is 2. The van der Waals surface area contributed by atoms with Crippen molar-refractivity contribution in [2.45, 2.75) is 13.8 Å². The molecule has 0 heterocycles. The predicted molar refractivity (Wildman–Crippen MR) is 29.1 cm³/mol. The van der Waals surface area contributed by atoms with Crippen LogP contribution in [-0.2, 0) is 26.7 Å². The van der Waals surface area contributed by atoms with Crippen molar-refractivity contribution in [1.29, 1.82) is 0 Å². The molecule has 0 saturated carbocycles. The summed E-state index contributed by atoms with van der Waals surface area (Å²) in [4.78, 5) is 20.2. The van der Waals surface area contributed by atoms with E-state index in [-0.39, 0.29) is 17.1 Å². The summed E-state index contributed by atoms with van der Waals surface area (Å²) in [5.41, 5.74) is -1.67. The van der Waals surface area contributed by atoms with Crippen molar-refractivity contribution in [3.63, 3.8) is 0 Å². The van der Waals surface area contributed by atoms with Crippen LogP contribution in [0, 0.1) is 5.41 Å². The summed E-state index contributed by atoms with van der Waals surface area (Å²) in [5, 5.41) is 16.5. The van der Waals surface area contributed by atoms with Crippen LogP contribution in [0.3, 0.4) is 0 Å². The van der Waals surface area contributed by atoms with E-state index >= 15 is 0 Å². The summed E-state index contributed by atoms with van der Waals surface area (Å²) in [6.45, 7) is 2.27. The van der Waals surface area contributed by atoms with E-state index in [1.165, 1.54) is 0 Å². The van der Waals surface area contributed by atoms with Gasteiger partial charge < -0.3 is 10.2 Å². The van der Waals surface area contributed by atoms with E-state index in [0.717, 1.165) is 13.8 Å². The molecule has 0 unspecified atom stereocenters. The summed E-state index contributed by atoms with van der Waals surface area (Å²) < 4.78 is 0. The Hall–Kier alpha value is -0.541. The Morgan fingerprint density at radius 2 is 1.30 bits per heavy atom. The SMILES string of the molecule is CC(C)(C(=O)O)C(=O)O.[Cu+2]. The minimum Gasteiger partial charge on any atom is -0.480 e. The molecule has 61 valence electrons. The van der Waals surface area contributed by atoms with Gasteiger partial charge in [-0.2, -0.15) is 0 Å². The number of rotatable bonds is 2. The molecule has 4 nitrogen and oxygen atoms in total. The summed E-state index contributed by atoms with van der Waals surface area (Å²) in [5.74, 6) is -2.65. The van der Waals surface area contributed by atoms with Gasteiger partial charge in [-0.1, -0.05) is 0 Å². The van der Waals surface area contributed by atoms with E-state index in [2.05, 4.69) is 0 Å². The van der Waals surface area contributed by atoms with Crippen molar-refractivity contribution >= 4 is 11.9 Å². The van der Waals surface area contributed by atoms with E-state index in [9.17, 15) is 9.59 Å². The Morgan fingerprint density at radius 1 is 1.10 bits per heavy atom. The van der Waals surface area contributed by atoms with Gasteiger partial charge in [0, 0.05) is 0 Å².